The molecule has 0 radical (unpaired) electrons. The molecule has 0 aromatic heterocycles. The summed E-state index contributed by atoms with van der Waals surface area (Å²) < 4.78 is 64.0. The third kappa shape index (κ3) is 5.03. The lowest BCUT2D eigenvalue weighted by atomic mass is 10.1. The summed E-state index contributed by atoms with van der Waals surface area (Å²) in [6.45, 7) is 0.312. The molecule has 0 amide bonds. The summed E-state index contributed by atoms with van der Waals surface area (Å²) in [5, 5.41) is 2.57. The Bertz CT molecular complexity index is 1110. The largest absolute Gasteiger partial charge is 0.310 e. The van der Waals surface area contributed by atoms with Crippen LogP contribution in [0.3, 0.4) is 0 Å². The van der Waals surface area contributed by atoms with E-state index in [0.29, 0.717) is 11.6 Å². The maximum absolute atomic E-state index is 13.2. The highest BCUT2D eigenvalue weighted by Crippen LogP contribution is 2.29. The molecule has 1 heterocycles. The zero-order chi connectivity index (χ0) is 22.1. The number of nitrogens with one attached hydrogen (secondary N) is 1. The third-order valence-electron chi connectivity index (χ3n) is 5.30. The summed E-state index contributed by atoms with van der Waals surface area (Å²) in [7, 11) is -3.77. The molecule has 1 saturated heterocycles. The minimum Gasteiger partial charge on any atom is -0.310 e. The van der Waals surface area contributed by atoms with E-state index in [1.807, 2.05) is 37.2 Å². The van der Waals surface area contributed by atoms with Crippen LogP contribution in [0.25, 0.3) is 0 Å². The van der Waals surface area contributed by atoms with Crippen LogP contribution in [0, 0.1) is 5.82 Å². The van der Waals surface area contributed by atoms with E-state index < -0.39 is 42.5 Å². The van der Waals surface area contributed by atoms with Crippen LogP contribution in [-0.2, 0) is 19.7 Å². The topological polar surface area (TPSA) is 83.6 Å². The van der Waals surface area contributed by atoms with Gasteiger partial charge in [-0.05, 0) is 50.0 Å². The summed E-state index contributed by atoms with van der Waals surface area (Å²) in [5.74, 6) is -1.31. The number of rotatable bonds is 7. The summed E-state index contributed by atoms with van der Waals surface area (Å²) in [4.78, 5) is 1.84. The van der Waals surface area contributed by atoms with Gasteiger partial charge in [0.15, 0.2) is 19.7 Å². The quantitative estimate of drug-likeness (QED) is 0.620. The molecule has 1 aliphatic heterocycles. The molecule has 0 spiro atoms. The number of benzene rings is 2. The molecule has 2 aromatic rings. The lowest BCUT2D eigenvalue weighted by Crippen LogP contribution is -2.46. The molecule has 1 unspecified atom stereocenters. The molecule has 1 N–H and O–H groups in total. The highest BCUT2D eigenvalue weighted by molar-refractivity contribution is 7.96. The molecule has 3 atom stereocenters. The van der Waals surface area contributed by atoms with Crippen molar-refractivity contribution in [3.63, 3.8) is 0 Å². The first kappa shape index (κ1) is 23.1. The second-order valence-electron chi connectivity index (χ2n) is 7.63. The molecule has 6 nitrogen and oxygen atoms in total. The fraction of sp³-hybridized carbons (Fsp3) is 0.400. The summed E-state index contributed by atoms with van der Waals surface area (Å²) in [6, 6.07) is 10.8. The van der Waals surface area contributed by atoms with Crippen LogP contribution in [0.15, 0.2) is 53.4 Å². The van der Waals surface area contributed by atoms with Crippen molar-refractivity contribution in [2.24, 2.45) is 0 Å². The van der Waals surface area contributed by atoms with Gasteiger partial charge in [0.05, 0.1) is 21.7 Å². The monoisotopic (exact) mass is 474 g/mol. The van der Waals surface area contributed by atoms with Crippen molar-refractivity contribution in [1.82, 2.24) is 10.2 Å². The highest BCUT2D eigenvalue weighted by atomic mass is 35.5. The molecule has 1 fully saturated rings. The van der Waals surface area contributed by atoms with Gasteiger partial charge < -0.3 is 10.2 Å². The van der Waals surface area contributed by atoms with Crippen molar-refractivity contribution in [1.29, 1.82) is 0 Å². The second kappa shape index (κ2) is 8.92. The van der Waals surface area contributed by atoms with E-state index in [9.17, 15) is 21.2 Å². The lowest BCUT2D eigenvalue weighted by molar-refractivity contribution is 0.282. The van der Waals surface area contributed by atoms with Crippen molar-refractivity contribution in [2.75, 3.05) is 32.1 Å². The molecule has 1 aliphatic rings. The number of nitrogens with zero attached hydrogens (tertiary/aromatic N) is 1. The van der Waals surface area contributed by atoms with Crippen LogP contribution in [0.4, 0.5) is 4.39 Å². The van der Waals surface area contributed by atoms with E-state index in [1.165, 1.54) is 12.1 Å². The van der Waals surface area contributed by atoms with E-state index >= 15 is 0 Å². The zero-order valence-corrected chi connectivity index (χ0v) is 19.0. The van der Waals surface area contributed by atoms with Crippen LogP contribution < -0.4 is 5.32 Å². The maximum Gasteiger partial charge on any atom is 0.183 e. The normalized spacial score (nSPS) is 22.3. The van der Waals surface area contributed by atoms with Crippen molar-refractivity contribution in [2.45, 2.75) is 22.2 Å². The molecular formula is C20H24ClFN2O4S2. The number of halogens is 2. The van der Waals surface area contributed by atoms with Crippen molar-refractivity contribution < 1.29 is 21.2 Å². The minimum atomic E-state index is -3.96. The average molecular weight is 475 g/mol. The first-order chi connectivity index (χ1) is 14.0. The summed E-state index contributed by atoms with van der Waals surface area (Å²) in [5.41, 5.74) is 0.857. The van der Waals surface area contributed by atoms with E-state index in [0.717, 1.165) is 17.7 Å². The van der Waals surface area contributed by atoms with Gasteiger partial charge in [0.2, 0.25) is 0 Å². The van der Waals surface area contributed by atoms with Crippen molar-refractivity contribution >= 4 is 31.3 Å². The fourth-order valence-corrected chi connectivity index (χ4v) is 8.67. The maximum atomic E-state index is 13.2. The molecule has 30 heavy (non-hydrogen) atoms. The van der Waals surface area contributed by atoms with Gasteiger partial charge in [-0.1, -0.05) is 29.8 Å². The van der Waals surface area contributed by atoms with Gasteiger partial charge in [0.1, 0.15) is 5.82 Å². The van der Waals surface area contributed by atoms with Gasteiger partial charge in [-0.15, -0.1) is 0 Å². The Morgan fingerprint density at radius 3 is 2.37 bits per heavy atom. The van der Waals surface area contributed by atoms with Crippen LogP contribution in [0.2, 0.25) is 5.02 Å². The van der Waals surface area contributed by atoms with E-state index in [2.05, 4.69) is 5.32 Å². The molecule has 0 saturated carbocycles. The zero-order valence-electron chi connectivity index (χ0n) is 16.6. The van der Waals surface area contributed by atoms with E-state index in [1.54, 1.807) is 6.07 Å². The first-order valence-corrected chi connectivity index (χ1v) is 13.1. The lowest BCUT2D eigenvalue weighted by Gasteiger charge is -2.28. The Hall–Kier alpha value is -1.52. The van der Waals surface area contributed by atoms with Crippen molar-refractivity contribution in [3.8, 4) is 0 Å². The Morgan fingerprint density at radius 1 is 1.13 bits per heavy atom. The van der Waals surface area contributed by atoms with Gasteiger partial charge in [-0.25, -0.2) is 21.2 Å². The summed E-state index contributed by atoms with van der Waals surface area (Å²) >= 11 is 6.32. The smallest absolute Gasteiger partial charge is 0.183 e. The van der Waals surface area contributed by atoms with Gasteiger partial charge in [0, 0.05) is 23.7 Å². The van der Waals surface area contributed by atoms with Crippen LogP contribution in [-0.4, -0.2) is 65.2 Å². The number of sulfone groups is 2. The first-order valence-electron chi connectivity index (χ1n) is 9.35. The van der Waals surface area contributed by atoms with Gasteiger partial charge in [-0.3, -0.25) is 0 Å². The summed E-state index contributed by atoms with van der Waals surface area (Å²) in [6.07, 6.45) is 0. The Balaban J connectivity index is 1.86. The SMILES string of the molecule is CN(C)C(CN[C@H]1CS(=O)(=O)C[C@@H]1S(=O)(=O)c1ccc(F)cc1)c1ccccc1Cl. The Kier molecular flexibility index (Phi) is 6.88. The Morgan fingerprint density at radius 2 is 1.77 bits per heavy atom. The predicted molar refractivity (Wildman–Crippen MR) is 116 cm³/mol. The molecule has 3 rings (SSSR count). The van der Waals surface area contributed by atoms with Crippen LogP contribution >= 0.6 is 11.6 Å². The van der Waals surface area contributed by atoms with Crippen LogP contribution in [0.5, 0.6) is 0 Å². The van der Waals surface area contributed by atoms with Gasteiger partial charge in [-0.2, -0.15) is 0 Å². The minimum absolute atomic E-state index is 0.0898. The van der Waals surface area contributed by atoms with Crippen LogP contribution in [0.1, 0.15) is 11.6 Å². The molecule has 0 bridgehead atoms. The number of hydrogen-bond acceptors (Lipinski definition) is 6. The molecule has 10 heteroatoms. The predicted octanol–water partition coefficient (Wildman–Crippen LogP) is 2.31. The fourth-order valence-electron chi connectivity index (χ4n) is 3.69. The van der Waals surface area contributed by atoms with Gasteiger partial charge >= 0.3 is 0 Å². The molecule has 2 aromatic carbocycles. The van der Waals surface area contributed by atoms with E-state index in [-0.39, 0.29) is 16.7 Å². The average Bonchev–Trinajstić information content (AvgIpc) is 2.99. The van der Waals surface area contributed by atoms with Crippen molar-refractivity contribution in [3.05, 3.63) is 64.9 Å². The molecule has 164 valence electrons. The third-order valence-corrected chi connectivity index (χ3v) is 9.81. The molecular weight excluding hydrogens is 451 g/mol. The standard InChI is InChI=1S/C20H24ClFN2O4S2/c1-24(2)19(16-5-3-4-6-17(16)21)11-23-18-12-29(25,26)13-20(18)30(27,28)15-9-7-14(22)8-10-15/h3-10,18-20,23H,11-13H2,1-2H3/t18-,19?,20-/m0/s1. The number of likely N-dealkylation sites (N-methyl/N-ethyl adjacent to an activating group) is 1. The highest BCUT2D eigenvalue weighted by Gasteiger charge is 2.45. The Labute approximate surface area is 181 Å². The van der Waals surface area contributed by atoms with E-state index in [4.69, 9.17) is 11.6 Å². The number of hydrogen-bond donors (Lipinski definition) is 1. The molecule has 0 aliphatic carbocycles. The van der Waals surface area contributed by atoms with Gasteiger partial charge in [0.25, 0.3) is 0 Å². The second-order valence-corrected chi connectivity index (χ2v) is 12.4.